The van der Waals surface area contributed by atoms with Crippen LogP contribution in [-0.4, -0.2) is 53.6 Å². The first kappa shape index (κ1) is 20.2. The molecule has 1 aromatic carbocycles. The van der Waals surface area contributed by atoms with Crippen LogP contribution >= 0.6 is 0 Å². The Balaban J connectivity index is 1.65. The second-order valence-electron chi connectivity index (χ2n) is 7.44. The van der Waals surface area contributed by atoms with Gasteiger partial charge in [0, 0.05) is 50.5 Å². The number of aryl methyl sites for hydroxylation is 1. The molecule has 0 atom stereocenters. The van der Waals surface area contributed by atoms with E-state index in [0.717, 1.165) is 30.9 Å². The Kier molecular flexibility index (Phi) is 5.90. The Morgan fingerprint density at radius 1 is 1.17 bits per heavy atom. The SMILES string of the molecule is CCOC(=O)c1cnc2c(C)cc(F)cc2c1N1CCN(Cc2ccccn2)CC1. The van der Waals surface area contributed by atoms with Crippen LogP contribution in [0.15, 0.2) is 42.7 Å². The van der Waals surface area contributed by atoms with E-state index in [0.29, 0.717) is 35.2 Å². The molecule has 30 heavy (non-hydrogen) atoms. The van der Waals surface area contributed by atoms with Gasteiger partial charge in [-0.05, 0) is 43.7 Å². The molecule has 1 saturated heterocycles. The van der Waals surface area contributed by atoms with E-state index in [9.17, 15) is 9.18 Å². The van der Waals surface area contributed by atoms with E-state index in [1.54, 1.807) is 19.3 Å². The minimum atomic E-state index is -0.431. The third kappa shape index (κ3) is 4.11. The van der Waals surface area contributed by atoms with Gasteiger partial charge in [-0.2, -0.15) is 0 Å². The fourth-order valence-electron chi connectivity index (χ4n) is 3.97. The summed E-state index contributed by atoms with van der Waals surface area (Å²) < 4.78 is 19.5. The molecule has 1 fully saturated rings. The molecule has 0 saturated carbocycles. The van der Waals surface area contributed by atoms with Crippen molar-refractivity contribution in [2.45, 2.75) is 20.4 Å². The van der Waals surface area contributed by atoms with Gasteiger partial charge < -0.3 is 9.64 Å². The van der Waals surface area contributed by atoms with Gasteiger partial charge in [0.15, 0.2) is 0 Å². The van der Waals surface area contributed by atoms with Crippen LogP contribution in [0.2, 0.25) is 0 Å². The molecule has 1 aliphatic heterocycles. The Labute approximate surface area is 175 Å². The molecule has 0 amide bonds. The summed E-state index contributed by atoms with van der Waals surface area (Å²) in [5, 5.41) is 0.649. The Hall–Kier alpha value is -3.06. The van der Waals surface area contributed by atoms with Gasteiger partial charge in [-0.3, -0.25) is 14.9 Å². The lowest BCUT2D eigenvalue weighted by molar-refractivity contribution is 0.0526. The van der Waals surface area contributed by atoms with Gasteiger partial charge in [0.05, 0.1) is 23.5 Å². The minimum Gasteiger partial charge on any atom is -0.462 e. The number of anilines is 1. The molecule has 0 bridgehead atoms. The Bertz CT molecular complexity index is 1050. The third-order valence-electron chi connectivity index (χ3n) is 5.39. The molecule has 3 heterocycles. The van der Waals surface area contributed by atoms with E-state index in [4.69, 9.17) is 4.74 Å². The second-order valence-corrected chi connectivity index (χ2v) is 7.44. The number of carbonyl (C=O) groups is 1. The highest BCUT2D eigenvalue weighted by molar-refractivity contribution is 6.06. The molecular formula is C23H25FN4O2. The van der Waals surface area contributed by atoms with E-state index >= 15 is 0 Å². The van der Waals surface area contributed by atoms with Crippen molar-refractivity contribution in [3.05, 3.63) is 65.4 Å². The fourth-order valence-corrected chi connectivity index (χ4v) is 3.97. The topological polar surface area (TPSA) is 58.6 Å². The number of esters is 1. The number of nitrogens with zero attached hydrogens (tertiary/aromatic N) is 4. The molecular weight excluding hydrogens is 383 g/mol. The second kappa shape index (κ2) is 8.75. The average molecular weight is 408 g/mol. The molecule has 0 spiro atoms. The highest BCUT2D eigenvalue weighted by Crippen LogP contribution is 2.33. The zero-order chi connectivity index (χ0) is 21.1. The number of ether oxygens (including phenoxy) is 1. The van der Waals surface area contributed by atoms with Crippen molar-refractivity contribution >= 4 is 22.6 Å². The number of halogens is 1. The van der Waals surface area contributed by atoms with E-state index < -0.39 is 5.97 Å². The molecule has 1 aliphatic rings. The van der Waals surface area contributed by atoms with Gasteiger partial charge in [-0.25, -0.2) is 9.18 Å². The van der Waals surface area contributed by atoms with Crippen molar-refractivity contribution < 1.29 is 13.9 Å². The average Bonchev–Trinajstić information content (AvgIpc) is 2.74. The monoisotopic (exact) mass is 408 g/mol. The van der Waals surface area contributed by atoms with Gasteiger partial charge >= 0.3 is 5.97 Å². The maximum Gasteiger partial charge on any atom is 0.341 e. The predicted octanol–water partition coefficient (Wildman–Crippen LogP) is 3.58. The van der Waals surface area contributed by atoms with Crippen molar-refractivity contribution in [3.63, 3.8) is 0 Å². The predicted molar refractivity (Wildman–Crippen MR) is 114 cm³/mol. The van der Waals surface area contributed by atoms with Crippen LogP contribution in [0.5, 0.6) is 0 Å². The maximum atomic E-state index is 14.3. The summed E-state index contributed by atoms with van der Waals surface area (Å²) in [6.07, 6.45) is 3.36. The zero-order valence-corrected chi connectivity index (χ0v) is 17.3. The number of hydrogen-bond donors (Lipinski definition) is 0. The van der Waals surface area contributed by atoms with Crippen molar-refractivity contribution in [2.75, 3.05) is 37.7 Å². The van der Waals surface area contributed by atoms with Crippen LogP contribution in [-0.2, 0) is 11.3 Å². The number of fused-ring (bicyclic) bond motifs is 1. The van der Waals surface area contributed by atoms with Crippen LogP contribution in [0, 0.1) is 12.7 Å². The molecule has 0 unspecified atom stereocenters. The number of hydrogen-bond acceptors (Lipinski definition) is 6. The number of benzene rings is 1. The van der Waals surface area contributed by atoms with Crippen LogP contribution in [0.1, 0.15) is 28.5 Å². The van der Waals surface area contributed by atoms with Gasteiger partial charge in [-0.15, -0.1) is 0 Å². The molecule has 156 valence electrons. The van der Waals surface area contributed by atoms with Crippen molar-refractivity contribution in [1.82, 2.24) is 14.9 Å². The smallest absolute Gasteiger partial charge is 0.341 e. The third-order valence-corrected chi connectivity index (χ3v) is 5.39. The summed E-state index contributed by atoms with van der Waals surface area (Å²) in [4.78, 5) is 25.9. The first-order valence-corrected chi connectivity index (χ1v) is 10.2. The lowest BCUT2D eigenvalue weighted by Gasteiger charge is -2.37. The molecule has 3 aromatic rings. The lowest BCUT2D eigenvalue weighted by Crippen LogP contribution is -2.46. The van der Waals surface area contributed by atoms with Crippen LogP contribution in [0.3, 0.4) is 0 Å². The highest BCUT2D eigenvalue weighted by Gasteiger charge is 2.26. The summed E-state index contributed by atoms with van der Waals surface area (Å²) in [5.74, 6) is -0.766. The molecule has 7 heteroatoms. The normalized spacial score (nSPS) is 14.8. The van der Waals surface area contributed by atoms with Crippen LogP contribution < -0.4 is 4.90 Å². The molecule has 0 N–H and O–H groups in total. The number of aromatic nitrogens is 2. The first-order chi connectivity index (χ1) is 14.6. The van der Waals surface area contributed by atoms with E-state index in [1.165, 1.54) is 12.1 Å². The van der Waals surface area contributed by atoms with E-state index in [2.05, 4.69) is 19.8 Å². The Morgan fingerprint density at radius 2 is 1.97 bits per heavy atom. The highest BCUT2D eigenvalue weighted by atomic mass is 19.1. The number of carbonyl (C=O) groups excluding carboxylic acids is 1. The zero-order valence-electron chi connectivity index (χ0n) is 17.3. The standard InChI is InChI=1S/C23H25FN4O2/c1-3-30-23(29)20-14-26-21-16(2)12-17(24)13-19(21)22(20)28-10-8-27(9-11-28)15-18-6-4-5-7-25-18/h4-7,12-14H,3,8-11,15H2,1-2H3. The summed E-state index contributed by atoms with van der Waals surface area (Å²) in [7, 11) is 0. The van der Waals surface area contributed by atoms with E-state index in [-0.39, 0.29) is 12.4 Å². The van der Waals surface area contributed by atoms with Crippen LogP contribution in [0.25, 0.3) is 10.9 Å². The van der Waals surface area contributed by atoms with Gasteiger partial charge in [0.1, 0.15) is 11.4 Å². The number of piperazine rings is 1. The molecule has 2 aromatic heterocycles. The quantitative estimate of drug-likeness (QED) is 0.602. The lowest BCUT2D eigenvalue weighted by atomic mass is 10.0. The largest absolute Gasteiger partial charge is 0.462 e. The van der Waals surface area contributed by atoms with Crippen molar-refractivity contribution in [2.24, 2.45) is 0 Å². The summed E-state index contributed by atoms with van der Waals surface area (Å²) in [5.41, 5.74) is 3.57. The molecule has 6 nitrogen and oxygen atoms in total. The summed E-state index contributed by atoms with van der Waals surface area (Å²) >= 11 is 0. The van der Waals surface area contributed by atoms with Crippen molar-refractivity contribution in [3.8, 4) is 0 Å². The first-order valence-electron chi connectivity index (χ1n) is 10.2. The summed E-state index contributed by atoms with van der Waals surface area (Å²) in [6.45, 7) is 7.72. The van der Waals surface area contributed by atoms with E-state index in [1.807, 2.05) is 25.1 Å². The molecule has 4 rings (SSSR count). The number of rotatable bonds is 5. The summed E-state index contributed by atoms with van der Waals surface area (Å²) in [6, 6.07) is 8.85. The van der Waals surface area contributed by atoms with Crippen LogP contribution in [0.4, 0.5) is 10.1 Å². The van der Waals surface area contributed by atoms with Gasteiger partial charge in [0.25, 0.3) is 0 Å². The van der Waals surface area contributed by atoms with Gasteiger partial charge in [-0.1, -0.05) is 6.07 Å². The minimum absolute atomic E-state index is 0.274. The van der Waals surface area contributed by atoms with Crippen molar-refractivity contribution in [1.29, 1.82) is 0 Å². The number of pyridine rings is 2. The maximum absolute atomic E-state index is 14.3. The molecule has 0 radical (unpaired) electrons. The molecule has 0 aliphatic carbocycles. The Morgan fingerprint density at radius 3 is 2.67 bits per heavy atom. The van der Waals surface area contributed by atoms with Gasteiger partial charge in [0.2, 0.25) is 0 Å². The fraction of sp³-hybridized carbons (Fsp3) is 0.348.